The van der Waals surface area contributed by atoms with E-state index in [4.69, 9.17) is 9.15 Å². The van der Waals surface area contributed by atoms with Gasteiger partial charge < -0.3 is 9.15 Å². The zero-order valence-corrected chi connectivity index (χ0v) is 23.6. The number of unbranched alkanes of at least 4 members (excludes halogenated alkanes) is 2. The lowest BCUT2D eigenvalue weighted by Crippen LogP contribution is -2.42. The molecule has 3 aromatic rings. The number of halogens is 6. The van der Waals surface area contributed by atoms with Crippen molar-refractivity contribution in [1.29, 1.82) is 0 Å². The van der Waals surface area contributed by atoms with Crippen LogP contribution in [0.15, 0.2) is 68.7 Å². The quantitative estimate of drug-likeness (QED) is 0.0549. The lowest BCUT2D eigenvalue weighted by molar-refractivity contribution is -0.223. The summed E-state index contributed by atoms with van der Waals surface area (Å²) in [6.45, 7) is 6.68. The molecule has 1 atom stereocenters. The highest BCUT2D eigenvalue weighted by Gasteiger charge is 2.52. The van der Waals surface area contributed by atoms with E-state index in [0.29, 0.717) is 22.3 Å². The minimum atomic E-state index is -4.71. The zero-order chi connectivity index (χ0) is 30.6. The van der Waals surface area contributed by atoms with Gasteiger partial charge in [0.2, 0.25) is 0 Å². The third-order valence-corrected chi connectivity index (χ3v) is 7.94. The third kappa shape index (κ3) is 7.96. The van der Waals surface area contributed by atoms with Crippen LogP contribution in [0.25, 0.3) is 22.1 Å². The molecule has 0 N–H and O–H groups in total. The molecule has 0 saturated carbocycles. The molecule has 1 aromatic heterocycles. The predicted octanol–water partition coefficient (Wildman–Crippen LogP) is 8.99. The summed E-state index contributed by atoms with van der Waals surface area (Å²) in [5.41, 5.74) is -4.42. The summed E-state index contributed by atoms with van der Waals surface area (Å²) in [7, 11) is 0. The van der Waals surface area contributed by atoms with Gasteiger partial charge in [0.05, 0.1) is 11.1 Å². The van der Waals surface area contributed by atoms with Crippen LogP contribution in [-0.2, 0) is 22.1 Å². The number of ether oxygens (including phenoxy) is 1. The zero-order valence-electron chi connectivity index (χ0n) is 22.8. The maximum Gasteiger partial charge on any atom is 0.417 e. The van der Waals surface area contributed by atoms with Gasteiger partial charge in [-0.2, -0.15) is 26.3 Å². The standard InChI is InChI=1S/C30H30F6O4S/c1-5-6-7-8-19-9-12-22(24(13-19)29(31,32)33)23-14-20-10-11-21(15-25(20)40-27(23)38)41-17-28(4,30(34,35)36)16-39-26(37)18(2)3/h9-15H,2,5-8,16-17H2,1,3-4H3. The predicted molar refractivity (Wildman–Crippen MR) is 147 cm³/mol. The van der Waals surface area contributed by atoms with Gasteiger partial charge in [0.25, 0.3) is 0 Å². The number of benzene rings is 2. The molecule has 0 bridgehead atoms. The number of aryl methyl sites for hydroxylation is 1. The molecule has 4 nitrogen and oxygen atoms in total. The Morgan fingerprint density at radius 3 is 2.32 bits per heavy atom. The van der Waals surface area contributed by atoms with Crippen molar-refractivity contribution in [2.45, 2.75) is 63.7 Å². The Morgan fingerprint density at radius 1 is 1.00 bits per heavy atom. The van der Waals surface area contributed by atoms with Crippen LogP contribution in [0.3, 0.4) is 0 Å². The number of esters is 1. The molecular formula is C30H30F6O4S. The van der Waals surface area contributed by atoms with E-state index in [-0.39, 0.29) is 22.3 Å². The fourth-order valence-electron chi connectivity index (χ4n) is 3.96. The van der Waals surface area contributed by atoms with E-state index in [0.717, 1.165) is 44.0 Å². The minimum absolute atomic E-state index is 0.0101. The van der Waals surface area contributed by atoms with Gasteiger partial charge in [0, 0.05) is 27.2 Å². The fourth-order valence-corrected chi connectivity index (χ4v) is 5.05. The number of hydrogen-bond acceptors (Lipinski definition) is 5. The van der Waals surface area contributed by atoms with E-state index < -0.39 is 47.3 Å². The maximum absolute atomic E-state index is 14.0. The summed E-state index contributed by atoms with van der Waals surface area (Å²) < 4.78 is 93.4. The van der Waals surface area contributed by atoms with Crippen molar-refractivity contribution in [2.24, 2.45) is 5.41 Å². The normalized spacial score (nSPS) is 13.7. The van der Waals surface area contributed by atoms with E-state index >= 15 is 0 Å². The molecular weight excluding hydrogens is 570 g/mol. The molecule has 0 aliphatic rings. The lowest BCUT2D eigenvalue weighted by atomic mass is 9.94. The Labute approximate surface area is 237 Å². The highest BCUT2D eigenvalue weighted by atomic mass is 32.2. The van der Waals surface area contributed by atoms with Gasteiger partial charge in [-0.05, 0) is 56.5 Å². The van der Waals surface area contributed by atoms with Crippen LogP contribution < -0.4 is 5.63 Å². The average molecular weight is 601 g/mol. The molecule has 0 saturated heterocycles. The molecule has 3 rings (SSSR count). The summed E-state index contributed by atoms with van der Waals surface area (Å²) in [4.78, 5) is 24.8. The highest BCUT2D eigenvalue weighted by molar-refractivity contribution is 7.99. The summed E-state index contributed by atoms with van der Waals surface area (Å²) in [6.07, 6.45) is -6.37. The Kier molecular flexibility index (Phi) is 10.0. The van der Waals surface area contributed by atoms with Crippen LogP contribution in [0.2, 0.25) is 0 Å². The third-order valence-electron chi connectivity index (χ3n) is 6.57. The smallest absolute Gasteiger partial charge is 0.417 e. The van der Waals surface area contributed by atoms with Crippen LogP contribution in [0.1, 0.15) is 51.2 Å². The first-order valence-electron chi connectivity index (χ1n) is 12.9. The summed E-state index contributed by atoms with van der Waals surface area (Å²) >= 11 is 0.806. The van der Waals surface area contributed by atoms with Crippen molar-refractivity contribution in [3.05, 3.63) is 76.2 Å². The van der Waals surface area contributed by atoms with E-state index in [1.165, 1.54) is 37.3 Å². The molecule has 0 aliphatic carbocycles. The van der Waals surface area contributed by atoms with Crippen molar-refractivity contribution in [3.63, 3.8) is 0 Å². The number of thioether (sulfide) groups is 1. The molecule has 0 spiro atoms. The van der Waals surface area contributed by atoms with E-state index in [1.54, 1.807) is 6.07 Å². The van der Waals surface area contributed by atoms with Gasteiger partial charge in [-0.3, -0.25) is 0 Å². The number of fused-ring (bicyclic) bond motifs is 1. The topological polar surface area (TPSA) is 56.5 Å². The molecule has 41 heavy (non-hydrogen) atoms. The lowest BCUT2D eigenvalue weighted by Gasteiger charge is -2.31. The van der Waals surface area contributed by atoms with Crippen LogP contribution in [0, 0.1) is 5.41 Å². The minimum Gasteiger partial charge on any atom is -0.461 e. The van der Waals surface area contributed by atoms with Gasteiger partial charge in [-0.15, -0.1) is 11.8 Å². The first-order valence-corrected chi connectivity index (χ1v) is 13.8. The largest absolute Gasteiger partial charge is 0.461 e. The molecule has 222 valence electrons. The first-order chi connectivity index (χ1) is 19.1. The van der Waals surface area contributed by atoms with Gasteiger partial charge in [0.1, 0.15) is 17.6 Å². The van der Waals surface area contributed by atoms with Gasteiger partial charge in [-0.25, -0.2) is 9.59 Å². The number of alkyl halides is 6. The van der Waals surface area contributed by atoms with Crippen molar-refractivity contribution in [3.8, 4) is 11.1 Å². The molecule has 0 amide bonds. The van der Waals surface area contributed by atoms with Crippen LogP contribution in [0.4, 0.5) is 26.3 Å². The monoisotopic (exact) mass is 600 g/mol. The van der Waals surface area contributed by atoms with E-state index in [9.17, 15) is 35.9 Å². The second-order valence-corrected chi connectivity index (χ2v) is 11.2. The number of carbonyl (C=O) groups is 1. The maximum atomic E-state index is 14.0. The van der Waals surface area contributed by atoms with Gasteiger partial charge in [-0.1, -0.05) is 44.5 Å². The first kappa shape index (κ1) is 32.3. The molecule has 1 unspecified atom stereocenters. The Morgan fingerprint density at radius 2 is 1.71 bits per heavy atom. The van der Waals surface area contributed by atoms with Crippen molar-refractivity contribution in [1.82, 2.24) is 0 Å². The van der Waals surface area contributed by atoms with Crippen LogP contribution >= 0.6 is 11.8 Å². The van der Waals surface area contributed by atoms with Crippen molar-refractivity contribution >= 4 is 28.7 Å². The summed E-state index contributed by atoms with van der Waals surface area (Å²) in [5.74, 6) is -1.46. The summed E-state index contributed by atoms with van der Waals surface area (Å²) in [6, 6.07) is 9.47. The molecule has 2 aromatic carbocycles. The molecule has 0 aliphatic heterocycles. The molecule has 11 heteroatoms. The van der Waals surface area contributed by atoms with E-state index in [2.05, 4.69) is 6.58 Å². The second kappa shape index (κ2) is 12.8. The number of rotatable bonds is 11. The van der Waals surface area contributed by atoms with Gasteiger partial charge in [0.15, 0.2) is 0 Å². The molecule has 1 heterocycles. The molecule has 0 fully saturated rings. The van der Waals surface area contributed by atoms with Gasteiger partial charge >= 0.3 is 23.9 Å². The van der Waals surface area contributed by atoms with Crippen LogP contribution in [0.5, 0.6) is 0 Å². The van der Waals surface area contributed by atoms with Crippen LogP contribution in [-0.4, -0.2) is 24.5 Å². The SMILES string of the molecule is C=C(C)C(=O)OCC(C)(CSc1ccc2cc(-c3ccc(CCCCC)cc3C(F)(F)F)c(=O)oc2c1)C(F)(F)F. The van der Waals surface area contributed by atoms with E-state index in [1.807, 2.05) is 6.92 Å². The Bertz CT molecular complexity index is 1470. The summed E-state index contributed by atoms with van der Waals surface area (Å²) in [5, 5.41) is 0.304. The van der Waals surface area contributed by atoms with Crippen molar-refractivity contribution in [2.75, 3.05) is 12.4 Å². The number of hydrogen-bond donors (Lipinski definition) is 0. The molecule has 0 radical (unpaired) electrons. The Hall–Kier alpha value is -3.21. The fraction of sp³-hybridized carbons (Fsp3) is 0.400. The highest BCUT2D eigenvalue weighted by Crippen LogP contribution is 2.43. The average Bonchev–Trinajstić information content (AvgIpc) is 2.89. The number of carbonyl (C=O) groups excluding carboxylic acids is 1. The second-order valence-electron chi connectivity index (χ2n) is 10.2. The Balaban J connectivity index is 1.90. The van der Waals surface area contributed by atoms with Crippen molar-refractivity contribution < 1.29 is 40.3 Å².